The molecule has 80 valence electrons. The average Bonchev–Trinajstić information content (AvgIpc) is 2.29. The third-order valence-electron chi connectivity index (χ3n) is 1.96. The van der Waals surface area contributed by atoms with Crippen LogP contribution in [0.25, 0.3) is 0 Å². The lowest BCUT2D eigenvalue weighted by Gasteiger charge is -2.11. The highest BCUT2D eigenvalue weighted by Crippen LogP contribution is 2.30. The summed E-state index contributed by atoms with van der Waals surface area (Å²) in [5.74, 6) is 3.46. The summed E-state index contributed by atoms with van der Waals surface area (Å²) in [6, 6.07) is 5.13. The van der Waals surface area contributed by atoms with Gasteiger partial charge in [-0.15, -0.1) is 6.42 Å². The molecule has 0 saturated heterocycles. The maximum absolute atomic E-state index is 9.44. The van der Waals surface area contributed by atoms with Gasteiger partial charge in [-0.2, -0.15) is 0 Å². The number of benzene rings is 1. The second-order valence-corrected chi connectivity index (χ2v) is 2.91. The van der Waals surface area contributed by atoms with Crippen molar-refractivity contribution in [3.8, 4) is 23.8 Å². The van der Waals surface area contributed by atoms with Gasteiger partial charge in [0.1, 0.15) is 6.10 Å². The van der Waals surface area contributed by atoms with E-state index in [1.165, 1.54) is 0 Å². The van der Waals surface area contributed by atoms with Gasteiger partial charge in [0.05, 0.1) is 13.7 Å². The lowest BCUT2D eigenvalue weighted by atomic mass is 10.1. The number of aliphatic hydroxyl groups is 1. The first-order valence-electron chi connectivity index (χ1n) is 4.67. The van der Waals surface area contributed by atoms with Crippen molar-refractivity contribution in [1.29, 1.82) is 0 Å². The summed E-state index contributed by atoms with van der Waals surface area (Å²) in [6.45, 7) is 2.46. The normalized spacial score (nSPS) is 11.6. The molecule has 0 heterocycles. The molecule has 1 aromatic rings. The zero-order valence-corrected chi connectivity index (χ0v) is 8.86. The number of hydrogen-bond donors (Lipinski definition) is 1. The molecule has 1 atom stereocenters. The Hall–Kier alpha value is -1.66. The molecule has 3 nitrogen and oxygen atoms in total. The molecule has 0 aromatic heterocycles. The summed E-state index contributed by atoms with van der Waals surface area (Å²) in [6.07, 6.45) is 4.21. The van der Waals surface area contributed by atoms with Crippen molar-refractivity contribution >= 4 is 0 Å². The molecular weight excluding hydrogens is 192 g/mol. The number of ether oxygens (including phenoxy) is 2. The number of rotatable bonds is 4. The topological polar surface area (TPSA) is 38.7 Å². The Morgan fingerprint density at radius 1 is 1.47 bits per heavy atom. The van der Waals surface area contributed by atoms with Crippen LogP contribution in [-0.2, 0) is 0 Å². The molecule has 0 amide bonds. The van der Waals surface area contributed by atoms with Crippen molar-refractivity contribution in [3.05, 3.63) is 23.8 Å². The first kappa shape index (κ1) is 11.4. The number of methoxy groups -OCH3 is 1. The van der Waals surface area contributed by atoms with E-state index in [0.717, 1.165) is 0 Å². The summed E-state index contributed by atoms with van der Waals surface area (Å²) in [7, 11) is 1.55. The minimum absolute atomic E-state index is 0.563. The molecule has 0 aliphatic carbocycles. The molecule has 0 bridgehead atoms. The van der Waals surface area contributed by atoms with E-state index in [0.29, 0.717) is 23.7 Å². The molecule has 1 N–H and O–H groups in total. The van der Waals surface area contributed by atoms with Crippen molar-refractivity contribution in [3.63, 3.8) is 0 Å². The molecule has 1 unspecified atom stereocenters. The smallest absolute Gasteiger partial charge is 0.161 e. The van der Waals surface area contributed by atoms with Gasteiger partial charge in [-0.05, 0) is 24.6 Å². The number of hydrogen-bond acceptors (Lipinski definition) is 3. The Kier molecular flexibility index (Phi) is 4.02. The fourth-order valence-corrected chi connectivity index (χ4v) is 1.23. The molecule has 1 aromatic carbocycles. The first-order chi connectivity index (χ1) is 7.22. The third kappa shape index (κ3) is 2.64. The molecule has 0 aliphatic heterocycles. The molecule has 0 radical (unpaired) electrons. The van der Waals surface area contributed by atoms with Crippen LogP contribution in [0.5, 0.6) is 11.5 Å². The van der Waals surface area contributed by atoms with E-state index < -0.39 is 6.10 Å². The van der Waals surface area contributed by atoms with Crippen molar-refractivity contribution in [2.45, 2.75) is 13.0 Å². The quantitative estimate of drug-likeness (QED) is 0.763. The van der Waals surface area contributed by atoms with Crippen LogP contribution in [0.4, 0.5) is 0 Å². The van der Waals surface area contributed by atoms with Crippen LogP contribution in [-0.4, -0.2) is 18.8 Å². The molecular formula is C12H14O3. The van der Waals surface area contributed by atoms with E-state index in [2.05, 4.69) is 5.92 Å². The second kappa shape index (κ2) is 5.28. The highest BCUT2D eigenvalue weighted by atomic mass is 16.5. The van der Waals surface area contributed by atoms with E-state index in [9.17, 15) is 5.11 Å². The van der Waals surface area contributed by atoms with Gasteiger partial charge >= 0.3 is 0 Å². The largest absolute Gasteiger partial charge is 0.493 e. The standard InChI is InChI=1S/C12H14O3/c1-4-10(13)9-6-7-11(15-5-2)12(8-9)14-3/h1,6-8,10,13H,5H2,2-3H3. The predicted octanol–water partition coefficient (Wildman–Crippen LogP) is 1.76. The van der Waals surface area contributed by atoms with Gasteiger partial charge < -0.3 is 14.6 Å². The van der Waals surface area contributed by atoms with E-state index in [4.69, 9.17) is 15.9 Å². The van der Waals surface area contributed by atoms with Crippen molar-refractivity contribution in [2.75, 3.05) is 13.7 Å². The fourth-order valence-electron chi connectivity index (χ4n) is 1.23. The zero-order chi connectivity index (χ0) is 11.3. The number of aliphatic hydroxyl groups excluding tert-OH is 1. The van der Waals surface area contributed by atoms with E-state index in [-0.39, 0.29) is 0 Å². The lowest BCUT2D eigenvalue weighted by Crippen LogP contribution is -1.98. The maximum Gasteiger partial charge on any atom is 0.161 e. The third-order valence-corrected chi connectivity index (χ3v) is 1.96. The van der Waals surface area contributed by atoms with E-state index in [1.807, 2.05) is 6.92 Å². The first-order valence-corrected chi connectivity index (χ1v) is 4.67. The van der Waals surface area contributed by atoms with E-state index in [1.54, 1.807) is 25.3 Å². The van der Waals surface area contributed by atoms with Crippen molar-refractivity contribution in [1.82, 2.24) is 0 Å². The maximum atomic E-state index is 9.44. The summed E-state index contributed by atoms with van der Waals surface area (Å²) in [5.41, 5.74) is 0.623. The highest BCUT2D eigenvalue weighted by Gasteiger charge is 2.09. The van der Waals surface area contributed by atoms with Crippen LogP contribution in [0.2, 0.25) is 0 Å². The van der Waals surface area contributed by atoms with Crippen molar-refractivity contribution in [2.24, 2.45) is 0 Å². The Morgan fingerprint density at radius 2 is 2.20 bits per heavy atom. The van der Waals surface area contributed by atoms with Crippen LogP contribution in [0, 0.1) is 12.3 Å². The van der Waals surface area contributed by atoms with Crippen LogP contribution in [0.3, 0.4) is 0 Å². The molecule has 1 rings (SSSR count). The van der Waals surface area contributed by atoms with Crippen LogP contribution < -0.4 is 9.47 Å². The summed E-state index contributed by atoms with van der Waals surface area (Å²) >= 11 is 0. The highest BCUT2D eigenvalue weighted by molar-refractivity contribution is 5.44. The van der Waals surface area contributed by atoms with Gasteiger partial charge in [-0.25, -0.2) is 0 Å². The summed E-state index contributed by atoms with van der Waals surface area (Å²) in [4.78, 5) is 0. The fraction of sp³-hybridized carbons (Fsp3) is 0.333. The second-order valence-electron chi connectivity index (χ2n) is 2.91. The van der Waals surface area contributed by atoms with Crippen LogP contribution in [0.15, 0.2) is 18.2 Å². The van der Waals surface area contributed by atoms with Gasteiger partial charge in [0.25, 0.3) is 0 Å². The monoisotopic (exact) mass is 206 g/mol. The summed E-state index contributed by atoms with van der Waals surface area (Å²) in [5, 5.41) is 9.44. The Bertz CT molecular complexity index is 366. The SMILES string of the molecule is C#CC(O)c1ccc(OCC)c(OC)c1. The Labute approximate surface area is 89.6 Å². The minimum Gasteiger partial charge on any atom is -0.493 e. The van der Waals surface area contributed by atoms with Gasteiger partial charge in [0.2, 0.25) is 0 Å². The van der Waals surface area contributed by atoms with Crippen LogP contribution in [0.1, 0.15) is 18.6 Å². The van der Waals surface area contributed by atoms with Crippen LogP contribution >= 0.6 is 0 Å². The van der Waals surface area contributed by atoms with Gasteiger partial charge in [0, 0.05) is 0 Å². The van der Waals surface area contributed by atoms with Gasteiger partial charge in [-0.3, -0.25) is 0 Å². The number of terminal acetylenes is 1. The zero-order valence-electron chi connectivity index (χ0n) is 8.86. The molecule has 0 aliphatic rings. The molecule has 0 spiro atoms. The lowest BCUT2D eigenvalue weighted by molar-refractivity contribution is 0.237. The Morgan fingerprint density at radius 3 is 2.73 bits per heavy atom. The molecule has 0 saturated carbocycles. The van der Waals surface area contributed by atoms with Crippen molar-refractivity contribution < 1.29 is 14.6 Å². The molecule has 3 heteroatoms. The minimum atomic E-state index is -0.908. The van der Waals surface area contributed by atoms with E-state index >= 15 is 0 Å². The molecule has 15 heavy (non-hydrogen) atoms. The van der Waals surface area contributed by atoms with Gasteiger partial charge in [-0.1, -0.05) is 12.0 Å². The Balaban J connectivity index is 3.03. The average molecular weight is 206 g/mol. The predicted molar refractivity (Wildman–Crippen MR) is 58.0 cm³/mol. The van der Waals surface area contributed by atoms with Gasteiger partial charge in [0.15, 0.2) is 11.5 Å². The molecule has 0 fully saturated rings. The summed E-state index contributed by atoms with van der Waals surface area (Å²) < 4.78 is 10.5.